The highest BCUT2D eigenvalue weighted by atomic mass is 35.5. The molecule has 0 aliphatic heterocycles. The summed E-state index contributed by atoms with van der Waals surface area (Å²) in [7, 11) is 0. The van der Waals surface area contributed by atoms with Crippen LogP contribution >= 0.6 is 11.6 Å². The minimum Gasteiger partial charge on any atom is -0.548 e. The van der Waals surface area contributed by atoms with E-state index in [9.17, 15) is 19.5 Å². The molecule has 0 spiro atoms. The van der Waals surface area contributed by atoms with E-state index in [2.05, 4.69) is 10.6 Å². The van der Waals surface area contributed by atoms with Gasteiger partial charge in [0.25, 0.3) is 11.8 Å². The molecule has 2 amide bonds. The zero-order chi connectivity index (χ0) is 20.7. The minimum absolute atomic E-state index is 0.00781. The van der Waals surface area contributed by atoms with Gasteiger partial charge in [-0.3, -0.25) is 9.59 Å². The molecule has 2 rings (SSSR count). The maximum atomic E-state index is 12.7. The Morgan fingerprint density at radius 3 is 2.39 bits per heavy atom. The van der Waals surface area contributed by atoms with Gasteiger partial charge in [-0.05, 0) is 48.2 Å². The number of carboxylic acid groups (broad SMARTS) is 1. The average molecular weight is 404 g/mol. The Balaban J connectivity index is 2.28. The monoisotopic (exact) mass is 403 g/mol. The molecule has 0 unspecified atom stereocenters. The number of halogens is 1. The third-order valence-electron chi connectivity index (χ3n) is 3.72. The van der Waals surface area contributed by atoms with E-state index >= 15 is 0 Å². The van der Waals surface area contributed by atoms with Gasteiger partial charge in [0, 0.05) is 5.02 Å². The molecule has 2 N–H and O–H groups in total. The third-order valence-corrected chi connectivity index (χ3v) is 3.97. The van der Waals surface area contributed by atoms with Crippen molar-refractivity contribution < 1.29 is 23.9 Å². The fraction of sp³-hybridized carbons (Fsp3) is 0.250. The van der Waals surface area contributed by atoms with Crippen molar-refractivity contribution in [1.29, 1.82) is 0 Å². The highest BCUT2D eigenvalue weighted by molar-refractivity contribution is 6.30. The summed E-state index contributed by atoms with van der Waals surface area (Å²) in [6, 6.07) is 8.34. The molecule has 0 fully saturated rings. The summed E-state index contributed by atoms with van der Waals surface area (Å²) in [5, 5.41) is 16.7. The van der Waals surface area contributed by atoms with E-state index in [1.807, 2.05) is 13.8 Å². The molecule has 1 aromatic carbocycles. The molecule has 2 aromatic rings. The number of carbonyl (C=O) groups excluding carboxylic acids is 3. The van der Waals surface area contributed by atoms with Crippen LogP contribution in [0, 0.1) is 5.92 Å². The molecule has 0 radical (unpaired) electrons. The molecule has 0 aliphatic carbocycles. The van der Waals surface area contributed by atoms with Crippen LogP contribution in [0.5, 0.6) is 0 Å². The van der Waals surface area contributed by atoms with E-state index in [4.69, 9.17) is 16.0 Å². The molecule has 148 valence electrons. The van der Waals surface area contributed by atoms with Gasteiger partial charge >= 0.3 is 0 Å². The summed E-state index contributed by atoms with van der Waals surface area (Å²) >= 11 is 5.86. The van der Waals surface area contributed by atoms with Gasteiger partial charge in [0.15, 0.2) is 5.76 Å². The first-order valence-electron chi connectivity index (χ1n) is 8.60. The van der Waals surface area contributed by atoms with Crippen molar-refractivity contribution in [1.82, 2.24) is 10.6 Å². The van der Waals surface area contributed by atoms with Crippen LogP contribution in [0.3, 0.4) is 0 Å². The second-order valence-electron chi connectivity index (χ2n) is 6.52. The molecule has 8 heteroatoms. The fourth-order valence-corrected chi connectivity index (χ4v) is 2.52. The number of hydrogen-bond acceptors (Lipinski definition) is 5. The molecule has 1 heterocycles. The van der Waals surface area contributed by atoms with Crippen molar-refractivity contribution in [3.05, 3.63) is 64.7 Å². The van der Waals surface area contributed by atoms with Crippen LogP contribution in [0.2, 0.25) is 5.02 Å². The van der Waals surface area contributed by atoms with Gasteiger partial charge in [0.05, 0.1) is 18.3 Å². The standard InChI is InChI=1S/C20H21ClN2O5/c1-12(2)10-16(20(26)27)23-18(24)15(11-13-5-7-14(21)8-6-13)22-19(25)17-4-3-9-28-17/h3-9,11-12,16H,10H2,1-2H3,(H,22,25)(H,23,24)(H,26,27)/p-1/b15-11-/t16-/m0/s1. The van der Waals surface area contributed by atoms with E-state index in [-0.39, 0.29) is 23.8 Å². The lowest BCUT2D eigenvalue weighted by Crippen LogP contribution is -2.50. The Morgan fingerprint density at radius 2 is 1.86 bits per heavy atom. The molecule has 1 atom stereocenters. The zero-order valence-corrected chi connectivity index (χ0v) is 16.2. The van der Waals surface area contributed by atoms with Crippen molar-refractivity contribution in [2.24, 2.45) is 5.92 Å². The minimum atomic E-state index is -1.40. The van der Waals surface area contributed by atoms with Crippen LogP contribution < -0.4 is 15.7 Å². The highest BCUT2D eigenvalue weighted by Crippen LogP contribution is 2.13. The van der Waals surface area contributed by atoms with Crippen LogP contribution in [-0.4, -0.2) is 23.8 Å². The molecule has 0 aliphatic rings. The maximum Gasteiger partial charge on any atom is 0.291 e. The molecule has 28 heavy (non-hydrogen) atoms. The fourth-order valence-electron chi connectivity index (χ4n) is 2.40. The van der Waals surface area contributed by atoms with Crippen molar-refractivity contribution >= 4 is 35.5 Å². The SMILES string of the molecule is CC(C)C[C@H](NC(=O)/C(=C/c1ccc(Cl)cc1)NC(=O)c1ccco1)C(=O)[O-]. The topological polar surface area (TPSA) is 111 Å². The number of benzene rings is 1. The Labute approximate surface area is 167 Å². The van der Waals surface area contributed by atoms with E-state index in [1.54, 1.807) is 24.3 Å². The van der Waals surface area contributed by atoms with Crippen LogP contribution in [0.4, 0.5) is 0 Å². The summed E-state index contributed by atoms with van der Waals surface area (Å²) in [4.78, 5) is 36.3. The lowest BCUT2D eigenvalue weighted by molar-refractivity contribution is -0.308. The van der Waals surface area contributed by atoms with Gasteiger partial charge in [-0.25, -0.2) is 0 Å². The molecule has 0 bridgehead atoms. The Kier molecular flexibility index (Phi) is 7.40. The van der Waals surface area contributed by atoms with E-state index in [0.717, 1.165) is 0 Å². The number of hydrogen-bond donors (Lipinski definition) is 2. The number of furan rings is 1. The van der Waals surface area contributed by atoms with E-state index < -0.39 is 23.8 Å². The largest absolute Gasteiger partial charge is 0.548 e. The van der Waals surface area contributed by atoms with Gasteiger partial charge in [0.1, 0.15) is 5.70 Å². The second kappa shape index (κ2) is 9.75. The Bertz CT molecular complexity index is 857. The van der Waals surface area contributed by atoms with E-state index in [0.29, 0.717) is 10.6 Å². The second-order valence-corrected chi connectivity index (χ2v) is 6.95. The summed E-state index contributed by atoms with van der Waals surface area (Å²) in [6.45, 7) is 3.65. The number of carbonyl (C=O) groups is 3. The number of nitrogens with one attached hydrogen (secondary N) is 2. The number of carboxylic acids is 1. The normalized spacial score (nSPS) is 12.5. The average Bonchev–Trinajstić information content (AvgIpc) is 3.16. The van der Waals surface area contributed by atoms with Crippen LogP contribution in [0.25, 0.3) is 6.08 Å². The quantitative estimate of drug-likeness (QED) is 0.654. The zero-order valence-electron chi connectivity index (χ0n) is 15.4. The smallest absolute Gasteiger partial charge is 0.291 e. The first kappa shape index (κ1) is 21.2. The molecule has 1 aromatic heterocycles. The number of amides is 2. The third kappa shape index (κ3) is 6.28. The van der Waals surface area contributed by atoms with Gasteiger partial charge in [-0.1, -0.05) is 37.6 Å². The van der Waals surface area contributed by atoms with Gasteiger partial charge < -0.3 is 25.0 Å². The molecule has 7 nitrogen and oxygen atoms in total. The van der Waals surface area contributed by atoms with Gasteiger partial charge in [-0.15, -0.1) is 0 Å². The van der Waals surface area contributed by atoms with Crippen molar-refractivity contribution in [2.45, 2.75) is 26.3 Å². The van der Waals surface area contributed by atoms with E-state index in [1.165, 1.54) is 24.5 Å². The van der Waals surface area contributed by atoms with Crippen LogP contribution in [-0.2, 0) is 9.59 Å². The summed E-state index contributed by atoms with van der Waals surface area (Å²) in [6.07, 6.45) is 2.93. The first-order chi connectivity index (χ1) is 13.3. The maximum absolute atomic E-state index is 12.7. The number of rotatable bonds is 8. The summed E-state index contributed by atoms with van der Waals surface area (Å²) in [5.74, 6) is -2.78. The molecule has 0 saturated carbocycles. The van der Waals surface area contributed by atoms with Crippen LogP contribution in [0.15, 0.2) is 52.8 Å². The van der Waals surface area contributed by atoms with Gasteiger partial charge in [-0.2, -0.15) is 0 Å². The first-order valence-corrected chi connectivity index (χ1v) is 8.98. The van der Waals surface area contributed by atoms with Crippen molar-refractivity contribution in [3.8, 4) is 0 Å². The lowest BCUT2D eigenvalue weighted by atomic mass is 10.0. The number of aliphatic carboxylic acids is 1. The van der Waals surface area contributed by atoms with Gasteiger partial charge in [0.2, 0.25) is 0 Å². The lowest BCUT2D eigenvalue weighted by Gasteiger charge is -2.22. The van der Waals surface area contributed by atoms with Crippen molar-refractivity contribution in [2.75, 3.05) is 0 Å². The predicted octanol–water partition coefficient (Wildman–Crippen LogP) is 1.98. The Morgan fingerprint density at radius 1 is 1.18 bits per heavy atom. The van der Waals surface area contributed by atoms with Crippen LogP contribution in [0.1, 0.15) is 36.4 Å². The summed E-state index contributed by atoms with van der Waals surface area (Å²) in [5.41, 5.74) is 0.446. The molecular formula is C20H20ClN2O5-. The molecular weight excluding hydrogens is 384 g/mol. The predicted molar refractivity (Wildman–Crippen MR) is 102 cm³/mol. The summed E-state index contributed by atoms with van der Waals surface area (Å²) < 4.78 is 5.02. The van der Waals surface area contributed by atoms with Crippen molar-refractivity contribution in [3.63, 3.8) is 0 Å². The molecule has 0 saturated heterocycles. The Hall–Kier alpha value is -3.06. The highest BCUT2D eigenvalue weighted by Gasteiger charge is 2.20.